The number of nitrogens with one attached hydrogen (secondary N) is 1. The molecule has 1 aliphatic rings. The number of hydrogen-bond acceptors (Lipinski definition) is 2. The molecule has 1 fully saturated rings. The summed E-state index contributed by atoms with van der Waals surface area (Å²) in [5.74, 6) is 1.61. The first-order chi connectivity index (χ1) is 7.54. The van der Waals surface area contributed by atoms with Crippen molar-refractivity contribution in [3.63, 3.8) is 0 Å². The predicted octanol–water partition coefficient (Wildman–Crippen LogP) is 0.514. The average molecular weight is 224 g/mol. The van der Waals surface area contributed by atoms with Crippen LogP contribution in [0.3, 0.4) is 0 Å². The maximum absolute atomic E-state index is 11.7. The molecule has 0 spiro atoms. The highest BCUT2D eigenvalue weighted by Gasteiger charge is 2.26. The van der Waals surface area contributed by atoms with Gasteiger partial charge in [0.2, 0.25) is 0 Å². The number of terminal acetylenes is 1. The lowest BCUT2D eigenvalue weighted by molar-refractivity contribution is -0.139. The summed E-state index contributed by atoms with van der Waals surface area (Å²) in [6, 6.07) is -1.33. The molecule has 16 heavy (non-hydrogen) atoms. The van der Waals surface area contributed by atoms with E-state index in [-0.39, 0.29) is 12.5 Å². The normalized spacial score (nSPS) is 21.2. The van der Waals surface area contributed by atoms with Gasteiger partial charge in [-0.3, -0.25) is 0 Å². The summed E-state index contributed by atoms with van der Waals surface area (Å²) >= 11 is 0. The van der Waals surface area contributed by atoms with Crippen molar-refractivity contribution in [2.45, 2.75) is 25.8 Å². The van der Waals surface area contributed by atoms with Crippen LogP contribution in [0.15, 0.2) is 0 Å². The third kappa shape index (κ3) is 3.16. The molecule has 0 aromatic heterocycles. The number of aliphatic carboxylic acids is 1. The third-order valence-corrected chi connectivity index (χ3v) is 2.63. The summed E-state index contributed by atoms with van der Waals surface area (Å²) in [5, 5.41) is 11.2. The summed E-state index contributed by atoms with van der Waals surface area (Å²) in [6.45, 7) is 3.41. The Morgan fingerprint density at radius 2 is 2.38 bits per heavy atom. The molecule has 1 rings (SSSR count). The van der Waals surface area contributed by atoms with Gasteiger partial charge in [-0.2, -0.15) is 0 Å². The van der Waals surface area contributed by atoms with Gasteiger partial charge in [0.1, 0.15) is 6.04 Å². The van der Waals surface area contributed by atoms with Crippen molar-refractivity contribution < 1.29 is 14.7 Å². The minimum atomic E-state index is -1.10. The van der Waals surface area contributed by atoms with E-state index in [1.165, 1.54) is 0 Å². The van der Waals surface area contributed by atoms with Crippen molar-refractivity contribution in [3.05, 3.63) is 0 Å². The largest absolute Gasteiger partial charge is 0.480 e. The molecule has 0 bridgehead atoms. The van der Waals surface area contributed by atoms with Crippen LogP contribution in [0.4, 0.5) is 4.79 Å². The van der Waals surface area contributed by atoms with Crippen LogP contribution >= 0.6 is 0 Å². The molecule has 5 nitrogen and oxygen atoms in total. The zero-order valence-electron chi connectivity index (χ0n) is 9.27. The van der Waals surface area contributed by atoms with E-state index in [4.69, 9.17) is 11.5 Å². The number of carboxylic acids is 1. The van der Waals surface area contributed by atoms with Crippen LogP contribution < -0.4 is 5.32 Å². The van der Waals surface area contributed by atoms with Crippen molar-refractivity contribution in [2.24, 2.45) is 5.92 Å². The first-order valence-electron chi connectivity index (χ1n) is 5.26. The highest BCUT2D eigenvalue weighted by atomic mass is 16.4. The second-order valence-electron chi connectivity index (χ2n) is 4.09. The van der Waals surface area contributed by atoms with Crippen LogP contribution in [0.1, 0.15) is 19.8 Å². The summed E-state index contributed by atoms with van der Waals surface area (Å²) < 4.78 is 0. The van der Waals surface area contributed by atoms with Crippen LogP contribution in [0.25, 0.3) is 0 Å². The van der Waals surface area contributed by atoms with Crippen LogP contribution in [0, 0.1) is 18.3 Å². The van der Waals surface area contributed by atoms with E-state index in [0.717, 1.165) is 6.42 Å². The van der Waals surface area contributed by atoms with Gasteiger partial charge < -0.3 is 15.3 Å². The molecule has 2 amide bonds. The van der Waals surface area contributed by atoms with E-state index in [9.17, 15) is 9.59 Å². The topological polar surface area (TPSA) is 69.6 Å². The van der Waals surface area contributed by atoms with Crippen molar-refractivity contribution in [1.29, 1.82) is 0 Å². The Bertz CT molecular complexity index is 322. The molecule has 0 aliphatic carbocycles. The summed E-state index contributed by atoms with van der Waals surface area (Å²) in [5.41, 5.74) is 0. The lowest BCUT2D eigenvalue weighted by Gasteiger charge is -2.19. The third-order valence-electron chi connectivity index (χ3n) is 2.63. The number of urea groups is 1. The zero-order valence-corrected chi connectivity index (χ0v) is 9.27. The van der Waals surface area contributed by atoms with Crippen molar-refractivity contribution in [3.8, 4) is 12.3 Å². The fourth-order valence-electron chi connectivity index (χ4n) is 1.68. The van der Waals surface area contributed by atoms with Gasteiger partial charge in [-0.15, -0.1) is 12.3 Å². The highest BCUT2D eigenvalue weighted by Crippen LogP contribution is 2.14. The van der Waals surface area contributed by atoms with Gasteiger partial charge in [-0.1, -0.05) is 6.92 Å². The van der Waals surface area contributed by atoms with E-state index >= 15 is 0 Å². The fraction of sp³-hybridized carbons (Fsp3) is 0.636. The predicted molar refractivity (Wildman–Crippen MR) is 58.8 cm³/mol. The number of carbonyl (C=O) groups is 2. The second-order valence-corrected chi connectivity index (χ2v) is 4.09. The maximum Gasteiger partial charge on any atom is 0.327 e. The monoisotopic (exact) mass is 224 g/mol. The Labute approximate surface area is 94.8 Å². The van der Waals surface area contributed by atoms with Crippen molar-refractivity contribution in [2.75, 3.05) is 13.1 Å². The Balaban J connectivity index is 2.49. The Hall–Kier alpha value is -1.70. The summed E-state index contributed by atoms with van der Waals surface area (Å²) in [4.78, 5) is 24.1. The standard InChI is InChI=1S/C11H16N2O3/c1-3-4-9(10(14)15)12-11(16)13-6-5-8(2)7-13/h1,8-9H,4-7H2,2H3,(H,12,16)(H,14,15). The van der Waals surface area contributed by atoms with E-state index in [1.54, 1.807) is 4.90 Å². The number of carboxylic acid groups (broad SMARTS) is 1. The number of amides is 2. The van der Waals surface area contributed by atoms with Crippen molar-refractivity contribution >= 4 is 12.0 Å². The molecule has 2 atom stereocenters. The van der Waals surface area contributed by atoms with Gasteiger partial charge in [0, 0.05) is 19.5 Å². The summed E-state index contributed by atoms with van der Waals surface area (Å²) in [6.07, 6.45) is 6.00. The molecular weight excluding hydrogens is 208 g/mol. The second kappa shape index (κ2) is 5.40. The molecule has 2 unspecified atom stereocenters. The van der Waals surface area contributed by atoms with Gasteiger partial charge in [0.05, 0.1) is 0 Å². The van der Waals surface area contributed by atoms with Gasteiger partial charge in [0.25, 0.3) is 0 Å². The fourth-order valence-corrected chi connectivity index (χ4v) is 1.68. The van der Waals surface area contributed by atoms with Gasteiger partial charge >= 0.3 is 12.0 Å². The number of carbonyl (C=O) groups excluding carboxylic acids is 1. The molecule has 1 heterocycles. The lowest BCUT2D eigenvalue weighted by atomic mass is 10.2. The number of hydrogen-bond donors (Lipinski definition) is 2. The van der Waals surface area contributed by atoms with E-state index in [0.29, 0.717) is 19.0 Å². The first kappa shape index (κ1) is 12.4. The highest BCUT2D eigenvalue weighted by molar-refractivity contribution is 5.82. The average Bonchev–Trinajstić information content (AvgIpc) is 2.64. The molecule has 0 saturated carbocycles. The van der Waals surface area contributed by atoms with Gasteiger partial charge in [0.15, 0.2) is 0 Å². The molecule has 2 N–H and O–H groups in total. The van der Waals surface area contributed by atoms with E-state index in [1.807, 2.05) is 0 Å². The smallest absolute Gasteiger partial charge is 0.327 e. The number of likely N-dealkylation sites (tertiary alicyclic amines) is 1. The minimum absolute atomic E-state index is 0.00443. The molecule has 88 valence electrons. The molecule has 0 aromatic rings. The number of nitrogens with zero attached hydrogens (tertiary/aromatic N) is 1. The Morgan fingerprint density at radius 3 is 2.81 bits per heavy atom. The minimum Gasteiger partial charge on any atom is -0.480 e. The maximum atomic E-state index is 11.7. The van der Waals surface area contributed by atoms with Crippen molar-refractivity contribution in [1.82, 2.24) is 10.2 Å². The SMILES string of the molecule is C#CCC(NC(=O)N1CCC(C)C1)C(=O)O. The Morgan fingerprint density at radius 1 is 1.69 bits per heavy atom. The molecule has 5 heteroatoms. The van der Waals surface area contributed by atoms with Gasteiger partial charge in [-0.05, 0) is 12.3 Å². The van der Waals surface area contributed by atoms with E-state index < -0.39 is 12.0 Å². The first-order valence-corrected chi connectivity index (χ1v) is 5.26. The van der Waals surface area contributed by atoms with Crippen LogP contribution in [0.2, 0.25) is 0 Å². The molecule has 1 aliphatic heterocycles. The molecule has 1 saturated heterocycles. The molecular formula is C11H16N2O3. The molecule has 0 aromatic carbocycles. The van der Waals surface area contributed by atoms with Crippen LogP contribution in [-0.4, -0.2) is 41.1 Å². The van der Waals surface area contributed by atoms with Crippen LogP contribution in [-0.2, 0) is 4.79 Å². The molecule has 0 radical (unpaired) electrons. The van der Waals surface area contributed by atoms with Gasteiger partial charge in [-0.25, -0.2) is 9.59 Å². The van der Waals surface area contributed by atoms with Crippen LogP contribution in [0.5, 0.6) is 0 Å². The van der Waals surface area contributed by atoms with E-state index in [2.05, 4.69) is 18.2 Å². The summed E-state index contributed by atoms with van der Waals surface area (Å²) in [7, 11) is 0. The Kier molecular flexibility index (Phi) is 4.18. The quantitative estimate of drug-likeness (QED) is 0.686. The number of rotatable bonds is 3. The lowest BCUT2D eigenvalue weighted by Crippen LogP contribution is -2.47. The zero-order chi connectivity index (χ0) is 12.1.